The van der Waals surface area contributed by atoms with Gasteiger partial charge in [0, 0.05) is 38.3 Å². The van der Waals surface area contributed by atoms with Crippen LogP contribution in [-0.2, 0) is 4.74 Å². The van der Waals surface area contributed by atoms with Gasteiger partial charge < -0.3 is 10.1 Å². The van der Waals surface area contributed by atoms with Crippen molar-refractivity contribution in [2.24, 2.45) is 5.92 Å². The number of piperazine rings is 1. The van der Waals surface area contributed by atoms with Crippen LogP contribution in [0.3, 0.4) is 0 Å². The fourth-order valence-electron chi connectivity index (χ4n) is 2.78. The van der Waals surface area contributed by atoms with E-state index in [9.17, 15) is 0 Å². The van der Waals surface area contributed by atoms with Crippen molar-refractivity contribution >= 4 is 0 Å². The summed E-state index contributed by atoms with van der Waals surface area (Å²) in [7, 11) is 1.81. The Labute approximate surface area is 113 Å². The smallest absolute Gasteiger partial charge is 0.0670 e. The van der Waals surface area contributed by atoms with Crippen molar-refractivity contribution in [3.05, 3.63) is 0 Å². The van der Waals surface area contributed by atoms with Gasteiger partial charge in [-0.1, -0.05) is 27.2 Å². The Hall–Kier alpha value is -0.120. The van der Waals surface area contributed by atoms with Gasteiger partial charge in [-0.2, -0.15) is 0 Å². The van der Waals surface area contributed by atoms with E-state index in [2.05, 4.69) is 44.8 Å². The third-order valence-corrected chi connectivity index (χ3v) is 4.73. The first-order valence-electron chi connectivity index (χ1n) is 7.47. The Morgan fingerprint density at radius 3 is 2.56 bits per heavy atom. The predicted octanol–water partition coefficient (Wildman–Crippen LogP) is 2.51. The molecule has 4 atom stereocenters. The van der Waals surface area contributed by atoms with Gasteiger partial charge in [0.15, 0.2) is 0 Å². The molecule has 0 aromatic rings. The first-order chi connectivity index (χ1) is 8.45. The molecule has 4 unspecified atom stereocenters. The maximum Gasteiger partial charge on any atom is 0.0670 e. The Bertz CT molecular complexity index is 247. The molecule has 108 valence electrons. The summed E-state index contributed by atoms with van der Waals surface area (Å²) in [5.41, 5.74) is 0.261. The minimum Gasteiger partial charge on any atom is -0.380 e. The molecule has 0 bridgehead atoms. The third kappa shape index (κ3) is 3.94. The number of rotatable bonds is 6. The lowest BCUT2D eigenvalue weighted by atomic mass is 9.88. The predicted molar refractivity (Wildman–Crippen MR) is 78.0 cm³/mol. The molecule has 3 nitrogen and oxygen atoms in total. The lowest BCUT2D eigenvalue weighted by molar-refractivity contribution is 0.00682. The molecule has 1 fully saturated rings. The van der Waals surface area contributed by atoms with Crippen LogP contribution in [0.15, 0.2) is 0 Å². The van der Waals surface area contributed by atoms with E-state index in [1.807, 2.05) is 7.11 Å². The molecule has 0 aliphatic carbocycles. The molecule has 1 rings (SSSR count). The van der Waals surface area contributed by atoms with Crippen LogP contribution in [-0.4, -0.2) is 49.3 Å². The Balaban J connectivity index is 2.72. The largest absolute Gasteiger partial charge is 0.380 e. The van der Waals surface area contributed by atoms with Gasteiger partial charge in [0.05, 0.1) is 6.10 Å². The van der Waals surface area contributed by atoms with Crippen molar-refractivity contribution in [1.29, 1.82) is 0 Å². The second kappa shape index (κ2) is 6.88. The Morgan fingerprint density at radius 1 is 1.39 bits per heavy atom. The van der Waals surface area contributed by atoms with E-state index >= 15 is 0 Å². The zero-order valence-corrected chi connectivity index (χ0v) is 13.1. The lowest BCUT2D eigenvalue weighted by Gasteiger charge is -2.48. The van der Waals surface area contributed by atoms with Gasteiger partial charge in [0.1, 0.15) is 0 Å². The summed E-state index contributed by atoms with van der Waals surface area (Å²) in [6.07, 6.45) is 2.74. The van der Waals surface area contributed by atoms with E-state index in [0.29, 0.717) is 12.1 Å². The van der Waals surface area contributed by atoms with E-state index in [0.717, 1.165) is 25.6 Å². The summed E-state index contributed by atoms with van der Waals surface area (Å²) >= 11 is 0. The standard InChI is InChI=1S/C15H32N2O/c1-7-12(3)14-9-16-15(5,8-2)11-17(14)10-13(4)18-6/h12-14,16H,7-11H2,1-6H3. The highest BCUT2D eigenvalue weighted by Crippen LogP contribution is 2.24. The highest BCUT2D eigenvalue weighted by atomic mass is 16.5. The summed E-state index contributed by atoms with van der Waals surface area (Å²) in [5.74, 6) is 0.739. The van der Waals surface area contributed by atoms with Crippen molar-refractivity contribution in [2.75, 3.05) is 26.7 Å². The molecular formula is C15H32N2O. The Kier molecular flexibility index (Phi) is 6.09. The summed E-state index contributed by atoms with van der Waals surface area (Å²) in [6.45, 7) is 14.7. The number of hydrogen-bond donors (Lipinski definition) is 1. The lowest BCUT2D eigenvalue weighted by Crippen LogP contribution is -2.65. The van der Waals surface area contributed by atoms with E-state index in [4.69, 9.17) is 4.74 Å². The molecule has 0 saturated carbocycles. The third-order valence-electron chi connectivity index (χ3n) is 4.73. The molecule has 0 radical (unpaired) electrons. The molecule has 1 saturated heterocycles. The van der Waals surface area contributed by atoms with Crippen LogP contribution >= 0.6 is 0 Å². The van der Waals surface area contributed by atoms with Crippen LogP contribution in [0, 0.1) is 5.92 Å². The normalized spacial score (nSPS) is 33.3. The first-order valence-corrected chi connectivity index (χ1v) is 7.47. The molecule has 1 aliphatic heterocycles. The number of methoxy groups -OCH3 is 1. The minimum atomic E-state index is 0.261. The van der Waals surface area contributed by atoms with Gasteiger partial charge in [0.25, 0.3) is 0 Å². The van der Waals surface area contributed by atoms with Gasteiger partial charge in [0.2, 0.25) is 0 Å². The maximum absolute atomic E-state index is 5.45. The van der Waals surface area contributed by atoms with Crippen molar-refractivity contribution in [1.82, 2.24) is 10.2 Å². The van der Waals surface area contributed by atoms with Crippen LogP contribution in [0.4, 0.5) is 0 Å². The van der Waals surface area contributed by atoms with Crippen molar-refractivity contribution in [3.63, 3.8) is 0 Å². The molecule has 3 heteroatoms. The SMILES string of the molecule is CCC(C)C1CNC(C)(CC)CN1CC(C)OC. The van der Waals surface area contributed by atoms with Crippen molar-refractivity contribution < 1.29 is 4.74 Å². The molecule has 18 heavy (non-hydrogen) atoms. The average Bonchev–Trinajstić information content (AvgIpc) is 2.38. The fraction of sp³-hybridized carbons (Fsp3) is 1.00. The van der Waals surface area contributed by atoms with Crippen molar-refractivity contribution in [2.45, 2.75) is 65.1 Å². The molecule has 0 amide bonds. The van der Waals surface area contributed by atoms with Crippen LogP contribution in [0.2, 0.25) is 0 Å². The van der Waals surface area contributed by atoms with Gasteiger partial charge in [-0.25, -0.2) is 0 Å². The van der Waals surface area contributed by atoms with Gasteiger partial charge >= 0.3 is 0 Å². The highest BCUT2D eigenvalue weighted by molar-refractivity contribution is 4.96. The fourth-order valence-corrected chi connectivity index (χ4v) is 2.78. The monoisotopic (exact) mass is 256 g/mol. The summed E-state index contributed by atoms with van der Waals surface area (Å²) in [4.78, 5) is 2.64. The van der Waals surface area contributed by atoms with E-state index < -0.39 is 0 Å². The van der Waals surface area contributed by atoms with E-state index in [-0.39, 0.29) is 5.54 Å². The van der Waals surface area contributed by atoms with Gasteiger partial charge in [-0.15, -0.1) is 0 Å². The van der Waals surface area contributed by atoms with Gasteiger partial charge in [-0.3, -0.25) is 4.90 Å². The topological polar surface area (TPSA) is 24.5 Å². The Morgan fingerprint density at radius 2 is 2.06 bits per heavy atom. The molecule has 0 spiro atoms. The second-order valence-electron chi connectivity index (χ2n) is 6.22. The molecule has 1 heterocycles. The summed E-state index contributed by atoms with van der Waals surface area (Å²) in [6, 6.07) is 0.646. The van der Waals surface area contributed by atoms with E-state index in [1.165, 1.54) is 12.8 Å². The average molecular weight is 256 g/mol. The zero-order chi connectivity index (χ0) is 13.8. The van der Waals surface area contributed by atoms with Crippen molar-refractivity contribution in [3.8, 4) is 0 Å². The maximum atomic E-state index is 5.45. The number of hydrogen-bond acceptors (Lipinski definition) is 3. The minimum absolute atomic E-state index is 0.261. The first kappa shape index (κ1) is 15.9. The number of nitrogens with one attached hydrogen (secondary N) is 1. The summed E-state index contributed by atoms with van der Waals surface area (Å²) in [5, 5.41) is 3.75. The molecule has 0 aromatic heterocycles. The van der Waals surface area contributed by atoms with Crippen LogP contribution < -0.4 is 5.32 Å². The number of nitrogens with zero attached hydrogens (tertiary/aromatic N) is 1. The highest BCUT2D eigenvalue weighted by Gasteiger charge is 2.36. The van der Waals surface area contributed by atoms with Crippen LogP contribution in [0.5, 0.6) is 0 Å². The molecular weight excluding hydrogens is 224 g/mol. The zero-order valence-electron chi connectivity index (χ0n) is 13.1. The number of ether oxygens (including phenoxy) is 1. The van der Waals surface area contributed by atoms with E-state index in [1.54, 1.807) is 0 Å². The second-order valence-corrected chi connectivity index (χ2v) is 6.22. The molecule has 1 aliphatic rings. The van der Waals surface area contributed by atoms with Gasteiger partial charge in [-0.05, 0) is 26.2 Å². The molecule has 1 N–H and O–H groups in total. The van der Waals surface area contributed by atoms with Crippen LogP contribution in [0.1, 0.15) is 47.5 Å². The molecule has 0 aromatic carbocycles. The van der Waals surface area contributed by atoms with Crippen LogP contribution in [0.25, 0.3) is 0 Å². The quantitative estimate of drug-likeness (QED) is 0.790. The summed E-state index contributed by atoms with van der Waals surface area (Å²) < 4.78 is 5.45.